The van der Waals surface area contributed by atoms with E-state index in [0.29, 0.717) is 11.4 Å². The topological polar surface area (TPSA) is 76.5 Å². The Bertz CT molecular complexity index is 764. The third-order valence-corrected chi connectivity index (χ3v) is 4.05. The van der Waals surface area contributed by atoms with E-state index in [4.69, 9.17) is 4.74 Å². The number of thiocarbonyl (C=S) groups is 1. The van der Waals surface area contributed by atoms with Crippen molar-refractivity contribution in [2.45, 2.75) is 24.9 Å². The van der Waals surface area contributed by atoms with Crippen molar-refractivity contribution in [2.75, 3.05) is 7.11 Å². The molecule has 2 aromatic rings. The number of isothiocyanates is 1. The number of carbonyl (C=O) groups is 1. The van der Waals surface area contributed by atoms with Crippen LogP contribution in [0.3, 0.4) is 0 Å². The molecule has 1 N–H and O–H groups in total. The molecule has 3 rings (SSSR count). The molecular weight excluding hydrogens is 324 g/mol. The van der Waals surface area contributed by atoms with E-state index in [1.165, 1.54) is 0 Å². The third kappa shape index (κ3) is 3.64. The Balaban J connectivity index is 1.61. The van der Waals surface area contributed by atoms with E-state index >= 15 is 0 Å². The molecule has 1 aliphatic rings. The summed E-state index contributed by atoms with van der Waals surface area (Å²) in [6.07, 6.45) is 4.88. The van der Waals surface area contributed by atoms with Crippen LogP contribution in [-0.2, 0) is 0 Å². The van der Waals surface area contributed by atoms with Crippen molar-refractivity contribution in [1.82, 2.24) is 15.3 Å². The fourth-order valence-electron chi connectivity index (χ4n) is 2.50. The molecule has 2 heterocycles. The molecule has 24 heavy (non-hydrogen) atoms. The summed E-state index contributed by atoms with van der Waals surface area (Å²) in [7, 11) is 1.59. The monoisotopic (exact) mass is 340 g/mol. The van der Waals surface area contributed by atoms with Gasteiger partial charge in [-0.2, -0.15) is 0 Å². The van der Waals surface area contributed by atoms with E-state index in [1.807, 2.05) is 18.2 Å². The second kappa shape index (κ2) is 7.29. The maximum atomic E-state index is 12.2. The zero-order chi connectivity index (χ0) is 16.9. The molecule has 1 aliphatic carbocycles. The summed E-state index contributed by atoms with van der Waals surface area (Å²) in [5.74, 6) is 0.513. The Kier molecular flexibility index (Phi) is 4.93. The summed E-state index contributed by atoms with van der Waals surface area (Å²) in [6.45, 7) is 0. The number of aliphatic imine (C=N–C) groups is 1. The predicted octanol–water partition coefficient (Wildman–Crippen LogP) is 2.52. The minimum absolute atomic E-state index is 0.124. The van der Waals surface area contributed by atoms with Crippen molar-refractivity contribution in [3.05, 3.63) is 42.4 Å². The molecule has 0 aromatic carbocycles. The van der Waals surface area contributed by atoms with Crippen molar-refractivity contribution in [3.8, 4) is 17.0 Å². The largest absolute Gasteiger partial charge is 0.495 e. The average Bonchev–Trinajstić information content (AvgIpc) is 2.60. The molecule has 1 saturated carbocycles. The number of aromatic nitrogens is 2. The number of nitrogens with one attached hydrogen (secondary N) is 1. The van der Waals surface area contributed by atoms with Crippen molar-refractivity contribution >= 4 is 23.3 Å². The van der Waals surface area contributed by atoms with Crippen LogP contribution in [0.4, 0.5) is 0 Å². The highest BCUT2D eigenvalue weighted by Crippen LogP contribution is 2.23. The van der Waals surface area contributed by atoms with E-state index < -0.39 is 0 Å². The summed E-state index contributed by atoms with van der Waals surface area (Å²) >= 11 is 4.57. The van der Waals surface area contributed by atoms with Crippen molar-refractivity contribution in [1.29, 1.82) is 0 Å². The molecule has 0 spiro atoms. The van der Waals surface area contributed by atoms with Gasteiger partial charge in [0.1, 0.15) is 11.4 Å². The van der Waals surface area contributed by atoms with Crippen LogP contribution in [0, 0.1) is 0 Å². The fraction of sp³-hybridized carbons (Fsp3) is 0.294. The molecule has 0 bridgehead atoms. The Labute approximate surface area is 145 Å². The first-order valence-electron chi connectivity index (χ1n) is 7.54. The van der Waals surface area contributed by atoms with Gasteiger partial charge in [0.25, 0.3) is 5.91 Å². The van der Waals surface area contributed by atoms with Crippen molar-refractivity contribution in [2.24, 2.45) is 4.99 Å². The van der Waals surface area contributed by atoms with Crippen LogP contribution < -0.4 is 10.1 Å². The first-order valence-corrected chi connectivity index (χ1v) is 7.94. The lowest BCUT2D eigenvalue weighted by Crippen LogP contribution is -2.46. The smallest absolute Gasteiger partial charge is 0.270 e. The SMILES string of the molecule is COc1ccc(-c2ccc(C(=O)N[C@H]3C[C@@H](N=C=S)C3)nc2)nc1. The van der Waals surface area contributed by atoms with Crippen LogP contribution >= 0.6 is 12.2 Å². The van der Waals surface area contributed by atoms with Crippen LogP contribution in [-0.4, -0.2) is 40.2 Å². The van der Waals surface area contributed by atoms with Gasteiger partial charge in [-0.1, -0.05) is 0 Å². The van der Waals surface area contributed by atoms with Crippen molar-refractivity contribution in [3.63, 3.8) is 0 Å². The number of ether oxygens (including phenoxy) is 1. The molecule has 0 aliphatic heterocycles. The van der Waals surface area contributed by atoms with Crippen LogP contribution in [0.25, 0.3) is 11.3 Å². The fourth-order valence-corrected chi connectivity index (χ4v) is 2.65. The molecule has 0 unspecified atom stereocenters. The summed E-state index contributed by atoms with van der Waals surface area (Å²) < 4.78 is 5.08. The van der Waals surface area contributed by atoms with Gasteiger partial charge in [0, 0.05) is 17.8 Å². The molecule has 6 nitrogen and oxygen atoms in total. The van der Waals surface area contributed by atoms with E-state index in [0.717, 1.165) is 24.1 Å². The average molecular weight is 340 g/mol. The lowest BCUT2D eigenvalue weighted by molar-refractivity contribution is 0.0905. The molecule has 0 saturated heterocycles. The van der Waals surface area contributed by atoms with Gasteiger partial charge in [-0.3, -0.25) is 14.8 Å². The molecule has 0 radical (unpaired) electrons. The van der Waals surface area contributed by atoms with E-state index in [1.54, 1.807) is 25.6 Å². The molecule has 122 valence electrons. The lowest BCUT2D eigenvalue weighted by Gasteiger charge is -2.32. The minimum Gasteiger partial charge on any atom is -0.495 e. The van der Waals surface area contributed by atoms with Crippen LogP contribution in [0.5, 0.6) is 5.75 Å². The molecule has 0 atom stereocenters. The van der Waals surface area contributed by atoms with Gasteiger partial charge in [0.15, 0.2) is 0 Å². The second-order valence-electron chi connectivity index (χ2n) is 5.53. The number of pyridine rings is 2. The van der Waals surface area contributed by atoms with Gasteiger partial charge in [0.2, 0.25) is 0 Å². The quantitative estimate of drug-likeness (QED) is 0.668. The van der Waals surface area contributed by atoms with Crippen LogP contribution in [0.15, 0.2) is 41.7 Å². The second-order valence-corrected chi connectivity index (χ2v) is 5.71. The first kappa shape index (κ1) is 16.2. The third-order valence-electron chi connectivity index (χ3n) is 3.95. The Morgan fingerprint density at radius 2 is 2.12 bits per heavy atom. The Morgan fingerprint density at radius 1 is 1.29 bits per heavy atom. The highest BCUT2D eigenvalue weighted by molar-refractivity contribution is 7.78. The summed E-state index contributed by atoms with van der Waals surface area (Å²) in [5.41, 5.74) is 2.00. The zero-order valence-corrected chi connectivity index (χ0v) is 13.9. The van der Waals surface area contributed by atoms with Crippen molar-refractivity contribution < 1.29 is 9.53 Å². The number of rotatable bonds is 5. The maximum Gasteiger partial charge on any atom is 0.270 e. The van der Waals surface area contributed by atoms with Gasteiger partial charge in [-0.25, -0.2) is 4.99 Å². The van der Waals surface area contributed by atoms with E-state index in [2.05, 4.69) is 37.7 Å². The number of hydrogen-bond acceptors (Lipinski definition) is 6. The Hall–Kier alpha value is -2.63. The summed E-state index contributed by atoms with van der Waals surface area (Å²) in [5, 5.41) is 5.31. The van der Waals surface area contributed by atoms with E-state index in [9.17, 15) is 4.79 Å². The number of methoxy groups -OCH3 is 1. The summed E-state index contributed by atoms with van der Waals surface area (Å²) in [6, 6.07) is 7.52. The van der Waals surface area contributed by atoms with Gasteiger partial charge in [-0.05, 0) is 49.3 Å². The standard InChI is InChI=1S/C17H16N4O2S/c1-23-14-3-5-15(19-9-14)11-2-4-16(18-8-11)17(22)21-13-6-12(7-13)20-10-24/h2-5,8-9,12-13H,6-7H2,1H3,(H,21,22)/t12-,13+. The molecule has 2 aromatic heterocycles. The summed E-state index contributed by atoms with van der Waals surface area (Å²) in [4.78, 5) is 24.7. The van der Waals surface area contributed by atoms with Crippen LogP contribution in [0.2, 0.25) is 0 Å². The minimum atomic E-state index is -0.181. The number of nitrogens with zero attached hydrogens (tertiary/aromatic N) is 3. The molecule has 1 fully saturated rings. The van der Waals surface area contributed by atoms with Gasteiger partial charge in [0.05, 0.1) is 30.2 Å². The lowest BCUT2D eigenvalue weighted by atomic mass is 9.87. The zero-order valence-electron chi connectivity index (χ0n) is 13.1. The van der Waals surface area contributed by atoms with Crippen LogP contribution in [0.1, 0.15) is 23.3 Å². The van der Waals surface area contributed by atoms with Gasteiger partial charge >= 0.3 is 0 Å². The Morgan fingerprint density at radius 3 is 2.71 bits per heavy atom. The normalized spacial score (nSPS) is 18.9. The number of carbonyl (C=O) groups excluding carboxylic acids is 1. The van der Waals surface area contributed by atoms with Gasteiger partial charge in [-0.15, -0.1) is 0 Å². The molecular formula is C17H16N4O2S. The number of hydrogen-bond donors (Lipinski definition) is 1. The number of amides is 1. The van der Waals surface area contributed by atoms with Gasteiger partial charge < -0.3 is 10.1 Å². The highest BCUT2D eigenvalue weighted by atomic mass is 32.1. The highest BCUT2D eigenvalue weighted by Gasteiger charge is 2.30. The molecule has 1 amide bonds. The predicted molar refractivity (Wildman–Crippen MR) is 93.3 cm³/mol. The first-order chi connectivity index (χ1) is 11.7. The maximum absolute atomic E-state index is 12.2. The van der Waals surface area contributed by atoms with E-state index in [-0.39, 0.29) is 18.0 Å². The molecule has 7 heteroatoms.